The van der Waals surface area contributed by atoms with Gasteiger partial charge in [0.25, 0.3) is 0 Å². The van der Waals surface area contributed by atoms with Gasteiger partial charge in [0.05, 0.1) is 23.9 Å². The lowest BCUT2D eigenvalue weighted by Gasteiger charge is -2.32. The maximum absolute atomic E-state index is 14.0. The molecule has 1 aliphatic rings. The number of hydrogen-bond acceptors (Lipinski definition) is 4. The highest BCUT2D eigenvalue weighted by Crippen LogP contribution is 2.37. The van der Waals surface area contributed by atoms with E-state index in [9.17, 15) is 9.18 Å². The number of carbonyl (C=O) groups is 1. The van der Waals surface area contributed by atoms with Gasteiger partial charge in [0.15, 0.2) is 0 Å². The summed E-state index contributed by atoms with van der Waals surface area (Å²) in [6.07, 6.45) is 1.58. The van der Waals surface area contributed by atoms with Crippen LogP contribution < -0.4 is 0 Å². The monoisotopic (exact) mass is 306 g/mol. The van der Waals surface area contributed by atoms with Gasteiger partial charge in [-0.15, -0.1) is 0 Å². The summed E-state index contributed by atoms with van der Waals surface area (Å²) in [5.41, 5.74) is -0.347. The Morgan fingerprint density at radius 2 is 1.82 bits per heavy atom. The van der Waals surface area contributed by atoms with E-state index in [1.807, 2.05) is 27.7 Å². The largest absolute Gasteiger partial charge is 0.487 e. The van der Waals surface area contributed by atoms with Crippen molar-refractivity contribution in [3.63, 3.8) is 0 Å². The van der Waals surface area contributed by atoms with Gasteiger partial charge in [-0.25, -0.2) is 9.18 Å². The zero-order valence-electron chi connectivity index (χ0n) is 13.5. The predicted molar refractivity (Wildman–Crippen MR) is 82.9 cm³/mol. The zero-order valence-corrected chi connectivity index (χ0v) is 13.5. The molecule has 0 radical (unpaired) electrons. The lowest BCUT2D eigenvalue weighted by atomic mass is 9.89. The highest BCUT2D eigenvalue weighted by molar-refractivity contribution is 6.52. The molecule has 0 N–H and O–H groups in total. The fourth-order valence-electron chi connectivity index (χ4n) is 2.06. The quantitative estimate of drug-likeness (QED) is 0.635. The summed E-state index contributed by atoms with van der Waals surface area (Å²) in [4.78, 5) is 11.3. The standard InChI is InChI=1S/C16H20BFO4/c1-15(2)16(3,4)22-17(21-15)9-8-11-6-7-12(10-13(11)18)14(19)20-5/h6-10H,1-5H3/b9-8+. The van der Waals surface area contributed by atoms with Crippen LogP contribution in [0.4, 0.5) is 4.39 Å². The molecule has 0 amide bonds. The SMILES string of the molecule is COC(=O)c1ccc(/C=C/B2OC(C)(C)C(C)(C)O2)c(F)c1. The minimum Gasteiger partial charge on any atom is -0.465 e. The molecule has 0 unspecified atom stereocenters. The molecule has 1 saturated heterocycles. The third kappa shape index (κ3) is 3.23. The number of rotatable bonds is 3. The van der Waals surface area contributed by atoms with Crippen molar-refractivity contribution >= 4 is 19.2 Å². The lowest BCUT2D eigenvalue weighted by Crippen LogP contribution is -2.41. The second-order valence-corrected chi connectivity index (χ2v) is 6.21. The van der Waals surface area contributed by atoms with Gasteiger partial charge >= 0.3 is 13.1 Å². The molecule has 0 atom stereocenters. The van der Waals surface area contributed by atoms with Crippen LogP contribution in [0.1, 0.15) is 43.6 Å². The van der Waals surface area contributed by atoms with Crippen molar-refractivity contribution in [3.05, 3.63) is 41.1 Å². The third-order valence-corrected chi connectivity index (χ3v) is 4.13. The molecule has 1 aromatic carbocycles. The van der Waals surface area contributed by atoms with Gasteiger partial charge in [0, 0.05) is 5.56 Å². The van der Waals surface area contributed by atoms with Crippen LogP contribution in [0.5, 0.6) is 0 Å². The molecule has 1 fully saturated rings. The molecule has 2 rings (SSSR count). The first kappa shape index (κ1) is 16.7. The molecule has 118 valence electrons. The molecule has 0 bridgehead atoms. The second-order valence-electron chi connectivity index (χ2n) is 6.21. The first-order valence-corrected chi connectivity index (χ1v) is 7.08. The Balaban J connectivity index is 2.13. The van der Waals surface area contributed by atoms with E-state index in [2.05, 4.69) is 4.74 Å². The van der Waals surface area contributed by atoms with Crippen molar-refractivity contribution in [1.29, 1.82) is 0 Å². The predicted octanol–water partition coefficient (Wildman–Crippen LogP) is 3.26. The lowest BCUT2D eigenvalue weighted by molar-refractivity contribution is 0.00578. The topological polar surface area (TPSA) is 44.8 Å². The Kier molecular flexibility index (Phi) is 4.45. The van der Waals surface area contributed by atoms with Crippen molar-refractivity contribution in [2.45, 2.75) is 38.9 Å². The Labute approximate surface area is 130 Å². The maximum Gasteiger partial charge on any atom is 0.487 e. The van der Waals surface area contributed by atoms with Crippen LogP contribution in [0.3, 0.4) is 0 Å². The molecule has 6 heteroatoms. The second kappa shape index (κ2) is 5.86. The van der Waals surface area contributed by atoms with Crippen LogP contribution in [-0.2, 0) is 14.0 Å². The van der Waals surface area contributed by atoms with E-state index in [-0.39, 0.29) is 5.56 Å². The highest BCUT2D eigenvalue weighted by atomic mass is 19.1. The fraction of sp³-hybridized carbons (Fsp3) is 0.438. The normalized spacial score (nSPS) is 19.6. The van der Waals surface area contributed by atoms with Gasteiger partial charge in [-0.3, -0.25) is 0 Å². The van der Waals surface area contributed by atoms with Crippen LogP contribution in [0, 0.1) is 5.82 Å². The summed E-state index contributed by atoms with van der Waals surface area (Å²) < 4.78 is 30.1. The van der Waals surface area contributed by atoms with Gasteiger partial charge < -0.3 is 14.0 Å². The van der Waals surface area contributed by atoms with Crippen LogP contribution in [0.25, 0.3) is 6.08 Å². The summed E-state index contributed by atoms with van der Waals surface area (Å²) in [5, 5.41) is 0. The van der Waals surface area contributed by atoms with Crippen LogP contribution in [0.15, 0.2) is 24.2 Å². The molecule has 4 nitrogen and oxygen atoms in total. The number of hydrogen-bond donors (Lipinski definition) is 0. The molecule has 1 aliphatic heterocycles. The number of esters is 1. The molecule has 1 heterocycles. The van der Waals surface area contributed by atoms with Gasteiger partial charge in [-0.05, 0) is 39.8 Å². The fourth-order valence-corrected chi connectivity index (χ4v) is 2.06. The van der Waals surface area contributed by atoms with Gasteiger partial charge in [-0.1, -0.05) is 18.1 Å². The molecule has 0 spiro atoms. The summed E-state index contributed by atoms with van der Waals surface area (Å²) >= 11 is 0. The van der Waals surface area contributed by atoms with Gasteiger partial charge in [0.1, 0.15) is 5.82 Å². The van der Waals surface area contributed by atoms with Crippen LogP contribution in [0.2, 0.25) is 0 Å². The number of carbonyl (C=O) groups excluding carboxylic acids is 1. The van der Waals surface area contributed by atoms with Crippen molar-refractivity contribution < 1.29 is 23.2 Å². The Morgan fingerprint density at radius 3 is 2.32 bits per heavy atom. The van der Waals surface area contributed by atoms with E-state index in [0.717, 1.165) is 6.07 Å². The van der Waals surface area contributed by atoms with E-state index in [1.54, 1.807) is 12.1 Å². The van der Waals surface area contributed by atoms with Crippen molar-refractivity contribution in [2.24, 2.45) is 0 Å². The first-order chi connectivity index (χ1) is 10.2. The van der Waals surface area contributed by atoms with Crippen molar-refractivity contribution in [3.8, 4) is 0 Å². The van der Waals surface area contributed by atoms with E-state index < -0.39 is 30.1 Å². The molecular formula is C16H20BFO4. The molecule has 0 saturated carbocycles. The Bertz CT molecular complexity index is 594. The molecule has 0 aromatic heterocycles. The number of methoxy groups -OCH3 is 1. The molecular weight excluding hydrogens is 286 g/mol. The van der Waals surface area contributed by atoms with E-state index >= 15 is 0 Å². The number of halogens is 1. The third-order valence-electron chi connectivity index (χ3n) is 4.13. The highest BCUT2D eigenvalue weighted by Gasteiger charge is 2.50. The summed E-state index contributed by atoms with van der Waals surface area (Å²) in [5.74, 6) is 0.586. The average molecular weight is 306 g/mol. The van der Waals surface area contributed by atoms with Gasteiger partial charge in [0.2, 0.25) is 0 Å². The minimum atomic E-state index is -0.569. The summed E-state index contributed by atoms with van der Waals surface area (Å²) in [7, 11) is 0.719. The summed E-state index contributed by atoms with van der Waals surface area (Å²) in [6, 6.07) is 4.18. The van der Waals surface area contributed by atoms with Crippen molar-refractivity contribution in [1.82, 2.24) is 0 Å². The molecule has 22 heavy (non-hydrogen) atoms. The maximum atomic E-state index is 14.0. The van der Waals surface area contributed by atoms with E-state index in [0.29, 0.717) is 5.56 Å². The Hall–Kier alpha value is -1.66. The molecule has 1 aromatic rings. The Morgan fingerprint density at radius 1 is 1.23 bits per heavy atom. The number of ether oxygens (including phenoxy) is 1. The van der Waals surface area contributed by atoms with E-state index in [4.69, 9.17) is 9.31 Å². The summed E-state index contributed by atoms with van der Waals surface area (Å²) in [6.45, 7) is 7.80. The average Bonchev–Trinajstić information content (AvgIpc) is 2.64. The van der Waals surface area contributed by atoms with E-state index in [1.165, 1.54) is 19.2 Å². The van der Waals surface area contributed by atoms with Gasteiger partial charge in [-0.2, -0.15) is 0 Å². The zero-order chi connectivity index (χ0) is 16.5. The first-order valence-electron chi connectivity index (χ1n) is 7.08. The smallest absolute Gasteiger partial charge is 0.465 e. The van der Waals surface area contributed by atoms with Crippen LogP contribution >= 0.6 is 0 Å². The molecule has 0 aliphatic carbocycles. The van der Waals surface area contributed by atoms with Crippen LogP contribution in [-0.4, -0.2) is 31.4 Å². The van der Waals surface area contributed by atoms with Crippen molar-refractivity contribution in [2.75, 3.05) is 7.11 Å². The minimum absolute atomic E-state index is 0.174. The number of benzene rings is 1.